The lowest BCUT2D eigenvalue weighted by Gasteiger charge is -2.10. The second kappa shape index (κ2) is 4.36. The topological polar surface area (TPSA) is 58.9 Å². The van der Waals surface area contributed by atoms with Gasteiger partial charge in [0.15, 0.2) is 11.5 Å². The molecule has 0 fully saturated rings. The minimum Gasteiger partial charge on any atom is -0.508 e. The summed E-state index contributed by atoms with van der Waals surface area (Å²) in [5, 5.41) is 17.4. The van der Waals surface area contributed by atoms with Gasteiger partial charge in [-0.25, -0.2) is 0 Å². The number of methoxy groups -OCH3 is 1. The molecule has 0 spiro atoms. The molecule has 0 aliphatic carbocycles. The number of ether oxygens (including phenoxy) is 1. The summed E-state index contributed by atoms with van der Waals surface area (Å²) in [7, 11) is -0.476. The summed E-state index contributed by atoms with van der Waals surface area (Å²) in [5.41, 5.74) is 0. The van der Waals surface area contributed by atoms with Crippen LogP contribution in [0.5, 0.6) is 11.5 Å². The van der Waals surface area contributed by atoms with E-state index in [1.54, 1.807) is 18.2 Å². The van der Waals surface area contributed by atoms with Gasteiger partial charge in [-0.2, -0.15) is 0 Å². The molecule has 0 unspecified atom stereocenters. The lowest BCUT2D eigenvalue weighted by atomic mass is 10.2. The standard InChI is InChI=1S/C7H8BClO4/c1-12-6-4-2-3-5(9)7(6)13-8(10)11/h2-4,10-11H,1H3. The lowest BCUT2D eigenvalue weighted by Crippen LogP contribution is -2.21. The highest BCUT2D eigenvalue weighted by atomic mass is 35.5. The zero-order chi connectivity index (χ0) is 9.84. The number of hydrogen-bond donors (Lipinski definition) is 2. The van der Waals surface area contributed by atoms with Gasteiger partial charge in [-0.05, 0) is 12.1 Å². The number of rotatable bonds is 3. The third-order valence-corrected chi connectivity index (χ3v) is 1.67. The monoisotopic (exact) mass is 202 g/mol. The van der Waals surface area contributed by atoms with E-state index in [-0.39, 0.29) is 10.8 Å². The fourth-order valence-electron chi connectivity index (χ4n) is 0.870. The van der Waals surface area contributed by atoms with Crippen LogP contribution in [0.15, 0.2) is 18.2 Å². The highest BCUT2D eigenvalue weighted by molar-refractivity contribution is 6.36. The Kier molecular flexibility index (Phi) is 3.42. The first-order valence-corrected chi connectivity index (χ1v) is 3.88. The van der Waals surface area contributed by atoms with Gasteiger partial charge in [0.1, 0.15) is 0 Å². The molecule has 0 bridgehead atoms. The Morgan fingerprint density at radius 1 is 1.38 bits per heavy atom. The summed E-state index contributed by atoms with van der Waals surface area (Å²) < 4.78 is 9.52. The predicted octanol–water partition coefficient (Wildman–Crippen LogP) is 0.697. The SMILES string of the molecule is COc1cccc(Cl)c1OB(O)O. The normalized spacial score (nSPS) is 9.54. The van der Waals surface area contributed by atoms with Crippen molar-refractivity contribution in [1.29, 1.82) is 0 Å². The van der Waals surface area contributed by atoms with Gasteiger partial charge in [0, 0.05) is 0 Å². The molecule has 0 aromatic heterocycles. The third-order valence-electron chi connectivity index (χ3n) is 1.37. The quantitative estimate of drug-likeness (QED) is 0.708. The second-order valence-electron chi connectivity index (χ2n) is 2.22. The minimum absolute atomic E-state index is 0.113. The molecule has 0 aliphatic heterocycles. The van der Waals surface area contributed by atoms with Gasteiger partial charge < -0.3 is 19.4 Å². The van der Waals surface area contributed by atoms with E-state index in [1.807, 2.05) is 0 Å². The summed E-state index contributed by atoms with van der Waals surface area (Å²) in [4.78, 5) is 0. The van der Waals surface area contributed by atoms with Gasteiger partial charge in [0.25, 0.3) is 0 Å². The number of benzene rings is 1. The molecular weight excluding hydrogens is 194 g/mol. The molecule has 70 valence electrons. The van der Waals surface area contributed by atoms with Gasteiger partial charge in [-0.15, -0.1) is 0 Å². The Labute approximate surface area is 80.8 Å². The van der Waals surface area contributed by atoms with Crippen LogP contribution in [0.3, 0.4) is 0 Å². The molecule has 0 radical (unpaired) electrons. The highest BCUT2D eigenvalue weighted by Gasteiger charge is 2.17. The Balaban J connectivity index is 3.00. The van der Waals surface area contributed by atoms with E-state index in [0.717, 1.165) is 0 Å². The van der Waals surface area contributed by atoms with E-state index >= 15 is 0 Å². The van der Waals surface area contributed by atoms with E-state index in [2.05, 4.69) is 4.65 Å². The van der Waals surface area contributed by atoms with Crippen molar-refractivity contribution < 1.29 is 19.4 Å². The Morgan fingerprint density at radius 2 is 2.08 bits per heavy atom. The van der Waals surface area contributed by atoms with Crippen LogP contribution in [0.1, 0.15) is 0 Å². The average Bonchev–Trinajstić information content (AvgIpc) is 2.08. The zero-order valence-electron chi connectivity index (χ0n) is 6.90. The first-order chi connectivity index (χ1) is 6.15. The van der Waals surface area contributed by atoms with E-state index in [1.165, 1.54) is 7.11 Å². The largest absolute Gasteiger partial charge is 0.707 e. The first-order valence-electron chi connectivity index (χ1n) is 3.50. The molecule has 0 aliphatic rings. The Bertz CT molecular complexity index is 292. The molecule has 0 saturated carbocycles. The molecule has 13 heavy (non-hydrogen) atoms. The van der Waals surface area contributed by atoms with Crippen LogP contribution in [-0.4, -0.2) is 24.5 Å². The van der Waals surface area contributed by atoms with Gasteiger partial charge in [-0.1, -0.05) is 17.7 Å². The molecule has 1 rings (SSSR count). The smallest absolute Gasteiger partial charge is 0.508 e. The highest BCUT2D eigenvalue weighted by Crippen LogP contribution is 2.34. The molecule has 4 nitrogen and oxygen atoms in total. The van der Waals surface area contributed by atoms with E-state index < -0.39 is 7.32 Å². The summed E-state index contributed by atoms with van der Waals surface area (Å²) in [6, 6.07) is 4.82. The number of hydrogen-bond acceptors (Lipinski definition) is 4. The van der Waals surface area contributed by atoms with Crippen molar-refractivity contribution in [3.05, 3.63) is 23.2 Å². The molecule has 1 aromatic rings. The Hall–Kier alpha value is -0.905. The van der Waals surface area contributed by atoms with Crippen molar-refractivity contribution in [2.24, 2.45) is 0 Å². The van der Waals surface area contributed by atoms with Crippen molar-refractivity contribution in [1.82, 2.24) is 0 Å². The molecule has 0 amide bonds. The molecule has 1 aromatic carbocycles. The van der Waals surface area contributed by atoms with Crippen molar-refractivity contribution in [2.45, 2.75) is 0 Å². The predicted molar refractivity (Wildman–Crippen MR) is 48.8 cm³/mol. The van der Waals surface area contributed by atoms with Crippen molar-refractivity contribution in [3.63, 3.8) is 0 Å². The van der Waals surface area contributed by atoms with E-state index in [4.69, 9.17) is 26.4 Å². The van der Waals surface area contributed by atoms with Crippen LogP contribution in [0.4, 0.5) is 0 Å². The third kappa shape index (κ3) is 2.52. The van der Waals surface area contributed by atoms with E-state index in [0.29, 0.717) is 5.75 Å². The van der Waals surface area contributed by atoms with Crippen LogP contribution in [0.2, 0.25) is 5.02 Å². The van der Waals surface area contributed by atoms with Crippen molar-refractivity contribution in [3.8, 4) is 11.5 Å². The van der Waals surface area contributed by atoms with E-state index in [9.17, 15) is 0 Å². The molecule has 6 heteroatoms. The van der Waals surface area contributed by atoms with Crippen LogP contribution >= 0.6 is 11.6 Å². The van der Waals surface area contributed by atoms with Gasteiger partial charge >= 0.3 is 7.32 Å². The first kappa shape index (κ1) is 10.2. The molecule has 0 heterocycles. The lowest BCUT2D eigenvalue weighted by molar-refractivity contribution is 0.279. The molecule has 2 N–H and O–H groups in total. The number of para-hydroxylation sites is 1. The maximum Gasteiger partial charge on any atom is 0.707 e. The fraction of sp³-hybridized carbons (Fsp3) is 0.143. The molecule has 0 saturated heterocycles. The van der Waals surface area contributed by atoms with Crippen molar-refractivity contribution >= 4 is 18.9 Å². The Morgan fingerprint density at radius 3 is 2.62 bits per heavy atom. The molecule has 0 atom stereocenters. The average molecular weight is 202 g/mol. The second-order valence-corrected chi connectivity index (χ2v) is 2.62. The molecular formula is C7H8BClO4. The minimum atomic E-state index is -1.91. The van der Waals surface area contributed by atoms with Crippen LogP contribution in [0, 0.1) is 0 Å². The van der Waals surface area contributed by atoms with Gasteiger partial charge in [-0.3, -0.25) is 0 Å². The van der Waals surface area contributed by atoms with Crippen LogP contribution in [0.25, 0.3) is 0 Å². The summed E-state index contributed by atoms with van der Waals surface area (Å²) >= 11 is 5.73. The fourth-order valence-corrected chi connectivity index (χ4v) is 1.08. The summed E-state index contributed by atoms with van der Waals surface area (Å²) in [6.45, 7) is 0. The maximum atomic E-state index is 8.57. The maximum absolute atomic E-state index is 8.57. The van der Waals surface area contributed by atoms with Crippen molar-refractivity contribution in [2.75, 3.05) is 7.11 Å². The summed E-state index contributed by atoms with van der Waals surface area (Å²) in [6.07, 6.45) is 0. The van der Waals surface area contributed by atoms with Crippen LogP contribution < -0.4 is 9.39 Å². The van der Waals surface area contributed by atoms with Crippen LogP contribution in [-0.2, 0) is 0 Å². The zero-order valence-corrected chi connectivity index (χ0v) is 7.65. The van der Waals surface area contributed by atoms with Gasteiger partial charge in [0.2, 0.25) is 0 Å². The summed E-state index contributed by atoms with van der Waals surface area (Å²) in [5.74, 6) is 0.460. The van der Waals surface area contributed by atoms with Gasteiger partial charge in [0.05, 0.1) is 12.1 Å². The number of halogens is 1.